The van der Waals surface area contributed by atoms with E-state index in [4.69, 9.17) is 4.74 Å². The second kappa shape index (κ2) is 9.78. The van der Waals surface area contributed by atoms with Crippen molar-refractivity contribution < 1.29 is 19.1 Å². The van der Waals surface area contributed by atoms with Crippen LogP contribution in [0.5, 0.6) is 5.75 Å². The number of hydrogen-bond acceptors (Lipinski definition) is 4. The molecule has 0 saturated carbocycles. The first-order valence-electron chi connectivity index (χ1n) is 10.4. The highest BCUT2D eigenvalue weighted by Gasteiger charge is 2.10. The molecule has 0 aromatic heterocycles. The van der Waals surface area contributed by atoms with Crippen molar-refractivity contribution in [1.29, 1.82) is 0 Å². The fourth-order valence-corrected chi connectivity index (χ4v) is 3.48. The van der Waals surface area contributed by atoms with Crippen LogP contribution in [0.25, 0.3) is 10.8 Å². The second-order valence-electron chi connectivity index (χ2n) is 7.48. The summed E-state index contributed by atoms with van der Waals surface area (Å²) in [4.78, 5) is 36.3. The minimum Gasteiger partial charge on any atom is -0.427 e. The summed E-state index contributed by atoms with van der Waals surface area (Å²) < 4.78 is 5.02. The number of esters is 1. The zero-order chi connectivity index (χ0) is 23.2. The molecule has 0 heterocycles. The zero-order valence-corrected chi connectivity index (χ0v) is 18.0. The van der Waals surface area contributed by atoms with Crippen molar-refractivity contribution in [3.63, 3.8) is 0 Å². The number of rotatable bonds is 6. The lowest BCUT2D eigenvalue weighted by atomic mass is 10.0. The van der Waals surface area contributed by atoms with Crippen LogP contribution in [0.15, 0.2) is 91.0 Å². The van der Waals surface area contributed by atoms with Crippen molar-refractivity contribution in [3.8, 4) is 5.75 Å². The lowest BCUT2D eigenvalue weighted by Gasteiger charge is -2.10. The van der Waals surface area contributed by atoms with E-state index >= 15 is 0 Å². The standard InChI is InChI=1S/C27H22N2O4/c1-18(30)33-23-9-4-8-21(16-23)26(31)29-22-14-12-19(13-15-22)17-28-27(32)25-11-5-7-20-6-2-3-10-24(20)25/h2-16H,17H2,1H3,(H,28,32)(H,29,31). The summed E-state index contributed by atoms with van der Waals surface area (Å²) in [5.74, 6) is -0.596. The minimum atomic E-state index is -0.448. The molecule has 0 saturated heterocycles. The molecule has 0 aliphatic carbocycles. The molecule has 4 rings (SSSR count). The van der Waals surface area contributed by atoms with Crippen molar-refractivity contribution >= 4 is 34.2 Å². The monoisotopic (exact) mass is 438 g/mol. The molecule has 4 aromatic rings. The molecule has 0 radical (unpaired) electrons. The largest absolute Gasteiger partial charge is 0.427 e. The number of ether oxygens (including phenoxy) is 1. The number of hydrogen-bond donors (Lipinski definition) is 2. The lowest BCUT2D eigenvalue weighted by Crippen LogP contribution is -2.23. The van der Waals surface area contributed by atoms with Crippen LogP contribution in [0.1, 0.15) is 33.2 Å². The van der Waals surface area contributed by atoms with E-state index in [1.807, 2.05) is 54.6 Å². The first-order chi connectivity index (χ1) is 16.0. The zero-order valence-electron chi connectivity index (χ0n) is 18.0. The fraction of sp³-hybridized carbons (Fsp3) is 0.0741. The van der Waals surface area contributed by atoms with Gasteiger partial charge in [-0.2, -0.15) is 0 Å². The highest BCUT2D eigenvalue weighted by atomic mass is 16.5. The van der Waals surface area contributed by atoms with Gasteiger partial charge in [0.1, 0.15) is 5.75 Å². The Morgan fingerprint density at radius 2 is 1.52 bits per heavy atom. The Morgan fingerprint density at radius 3 is 2.30 bits per heavy atom. The summed E-state index contributed by atoms with van der Waals surface area (Å²) >= 11 is 0. The van der Waals surface area contributed by atoms with Gasteiger partial charge in [0.05, 0.1) is 0 Å². The minimum absolute atomic E-state index is 0.142. The van der Waals surface area contributed by atoms with Crippen molar-refractivity contribution in [2.24, 2.45) is 0 Å². The van der Waals surface area contributed by atoms with Crippen molar-refractivity contribution in [1.82, 2.24) is 5.32 Å². The predicted molar refractivity (Wildman–Crippen MR) is 127 cm³/mol. The number of carbonyl (C=O) groups is 3. The van der Waals surface area contributed by atoms with Gasteiger partial charge >= 0.3 is 5.97 Å². The van der Waals surface area contributed by atoms with E-state index in [2.05, 4.69) is 10.6 Å². The Balaban J connectivity index is 1.37. The van der Waals surface area contributed by atoms with E-state index in [-0.39, 0.29) is 11.8 Å². The van der Waals surface area contributed by atoms with Gasteiger partial charge in [-0.1, -0.05) is 54.6 Å². The van der Waals surface area contributed by atoms with Gasteiger partial charge in [-0.05, 0) is 52.7 Å². The van der Waals surface area contributed by atoms with E-state index in [9.17, 15) is 14.4 Å². The molecule has 2 N–H and O–H groups in total. The van der Waals surface area contributed by atoms with Crippen LogP contribution in [-0.4, -0.2) is 17.8 Å². The quantitative estimate of drug-likeness (QED) is 0.330. The summed E-state index contributed by atoms with van der Waals surface area (Å²) in [5, 5.41) is 7.69. The highest BCUT2D eigenvalue weighted by Crippen LogP contribution is 2.19. The molecule has 0 aliphatic heterocycles. The molecule has 0 bridgehead atoms. The molecule has 2 amide bonds. The van der Waals surface area contributed by atoms with E-state index in [0.717, 1.165) is 16.3 Å². The molecule has 6 heteroatoms. The molecule has 0 unspecified atom stereocenters. The van der Waals surface area contributed by atoms with Crippen LogP contribution in [0.3, 0.4) is 0 Å². The number of amides is 2. The predicted octanol–water partition coefficient (Wildman–Crippen LogP) is 4.95. The molecule has 6 nitrogen and oxygen atoms in total. The number of benzene rings is 4. The smallest absolute Gasteiger partial charge is 0.308 e. The lowest BCUT2D eigenvalue weighted by molar-refractivity contribution is -0.131. The molecule has 0 aliphatic rings. The summed E-state index contributed by atoms with van der Waals surface area (Å²) in [6.45, 7) is 1.67. The van der Waals surface area contributed by atoms with Gasteiger partial charge < -0.3 is 15.4 Å². The van der Waals surface area contributed by atoms with Gasteiger partial charge in [-0.15, -0.1) is 0 Å². The number of nitrogens with one attached hydrogen (secondary N) is 2. The van der Waals surface area contributed by atoms with Gasteiger partial charge in [0.2, 0.25) is 0 Å². The van der Waals surface area contributed by atoms with Crippen molar-refractivity contribution in [3.05, 3.63) is 108 Å². The van der Waals surface area contributed by atoms with Gasteiger partial charge in [0, 0.05) is 30.3 Å². The van der Waals surface area contributed by atoms with Gasteiger partial charge in [0.15, 0.2) is 0 Å². The average molecular weight is 438 g/mol. The molecule has 33 heavy (non-hydrogen) atoms. The van der Waals surface area contributed by atoms with E-state index < -0.39 is 5.97 Å². The van der Waals surface area contributed by atoms with Gasteiger partial charge in [0.25, 0.3) is 11.8 Å². The molecule has 164 valence electrons. The maximum atomic E-state index is 12.7. The third-order valence-electron chi connectivity index (χ3n) is 5.06. The Hall–Kier alpha value is -4.45. The average Bonchev–Trinajstić information content (AvgIpc) is 2.83. The second-order valence-corrected chi connectivity index (χ2v) is 7.48. The number of carbonyl (C=O) groups excluding carboxylic acids is 3. The van der Waals surface area contributed by atoms with Crippen LogP contribution in [0, 0.1) is 0 Å². The van der Waals surface area contributed by atoms with Crippen LogP contribution in [0.4, 0.5) is 5.69 Å². The first kappa shape index (κ1) is 21.8. The molecular weight excluding hydrogens is 416 g/mol. The summed E-state index contributed by atoms with van der Waals surface area (Å²) in [5.41, 5.74) is 2.52. The van der Waals surface area contributed by atoms with E-state index in [0.29, 0.717) is 29.1 Å². The molecule has 0 atom stereocenters. The Kier molecular flexibility index (Phi) is 6.45. The maximum Gasteiger partial charge on any atom is 0.308 e. The van der Waals surface area contributed by atoms with Crippen molar-refractivity contribution in [2.75, 3.05) is 5.32 Å². The van der Waals surface area contributed by atoms with E-state index in [1.54, 1.807) is 30.3 Å². The van der Waals surface area contributed by atoms with Crippen LogP contribution >= 0.6 is 0 Å². The molecule has 0 fully saturated rings. The van der Waals surface area contributed by atoms with Gasteiger partial charge in [-0.25, -0.2) is 0 Å². The van der Waals surface area contributed by atoms with Crippen LogP contribution in [0.2, 0.25) is 0 Å². The summed E-state index contributed by atoms with van der Waals surface area (Å²) in [7, 11) is 0. The topological polar surface area (TPSA) is 84.5 Å². The SMILES string of the molecule is CC(=O)Oc1cccc(C(=O)Nc2ccc(CNC(=O)c3cccc4ccccc34)cc2)c1. The molecular formula is C27H22N2O4. The van der Waals surface area contributed by atoms with Crippen LogP contribution in [-0.2, 0) is 11.3 Å². The first-order valence-corrected chi connectivity index (χ1v) is 10.4. The number of anilines is 1. The van der Waals surface area contributed by atoms with Gasteiger partial charge in [-0.3, -0.25) is 14.4 Å². The normalized spacial score (nSPS) is 10.5. The third-order valence-corrected chi connectivity index (χ3v) is 5.06. The van der Waals surface area contributed by atoms with E-state index in [1.165, 1.54) is 13.0 Å². The van der Waals surface area contributed by atoms with Crippen molar-refractivity contribution in [2.45, 2.75) is 13.5 Å². The third kappa shape index (κ3) is 5.43. The number of fused-ring (bicyclic) bond motifs is 1. The Bertz CT molecular complexity index is 1320. The summed E-state index contributed by atoms with van der Waals surface area (Å²) in [6.07, 6.45) is 0. The Labute approximate surface area is 191 Å². The highest BCUT2D eigenvalue weighted by molar-refractivity contribution is 6.07. The molecule has 4 aromatic carbocycles. The fourth-order valence-electron chi connectivity index (χ4n) is 3.48. The Morgan fingerprint density at radius 1 is 0.788 bits per heavy atom. The molecule has 0 spiro atoms. The summed E-state index contributed by atoms with van der Waals surface area (Å²) in [6, 6.07) is 27.1. The maximum absolute atomic E-state index is 12.7. The van der Waals surface area contributed by atoms with Crippen LogP contribution < -0.4 is 15.4 Å².